The molecule has 1 aliphatic rings. The van der Waals surface area contributed by atoms with Gasteiger partial charge in [0.2, 0.25) is 0 Å². The smallest absolute Gasteiger partial charge is 0.122 e. The van der Waals surface area contributed by atoms with E-state index in [0.29, 0.717) is 5.92 Å². The molecule has 3 atom stereocenters. The van der Waals surface area contributed by atoms with Gasteiger partial charge >= 0.3 is 0 Å². The zero-order valence-corrected chi connectivity index (χ0v) is 15.1. The predicted molar refractivity (Wildman–Crippen MR) is 98.8 cm³/mol. The van der Waals surface area contributed by atoms with E-state index in [9.17, 15) is 0 Å². The van der Waals surface area contributed by atoms with Crippen LogP contribution >= 0.6 is 0 Å². The van der Waals surface area contributed by atoms with Gasteiger partial charge in [0.1, 0.15) is 5.76 Å². The SMILES string of the molecule is CCN(CC)C(CNCC1CNNC1c1cccnc1)c1ccco1. The topological polar surface area (TPSA) is 65.4 Å². The van der Waals surface area contributed by atoms with Gasteiger partial charge in [-0.15, -0.1) is 0 Å². The number of aromatic nitrogens is 1. The number of pyridine rings is 1. The summed E-state index contributed by atoms with van der Waals surface area (Å²) in [5.74, 6) is 1.51. The molecule has 6 nitrogen and oxygen atoms in total. The van der Waals surface area contributed by atoms with Gasteiger partial charge in [-0.1, -0.05) is 19.9 Å². The van der Waals surface area contributed by atoms with Gasteiger partial charge in [0.25, 0.3) is 0 Å². The standard InChI is InChI=1S/C19H29N5O/c1-3-24(4-2)17(18-8-6-10-25-18)14-21-12-16-13-22-23-19(16)15-7-5-9-20-11-15/h5-11,16-17,19,21-23H,3-4,12-14H2,1-2H3. The highest BCUT2D eigenvalue weighted by molar-refractivity contribution is 5.16. The van der Waals surface area contributed by atoms with Gasteiger partial charge in [0, 0.05) is 37.9 Å². The highest BCUT2D eigenvalue weighted by atomic mass is 16.3. The Bertz CT molecular complexity index is 600. The number of furan rings is 1. The van der Waals surface area contributed by atoms with E-state index in [4.69, 9.17) is 4.42 Å². The third kappa shape index (κ3) is 4.46. The van der Waals surface area contributed by atoms with Crippen molar-refractivity contribution in [3.8, 4) is 0 Å². The van der Waals surface area contributed by atoms with E-state index in [-0.39, 0.29) is 12.1 Å². The van der Waals surface area contributed by atoms with Crippen molar-refractivity contribution < 1.29 is 4.42 Å². The van der Waals surface area contributed by atoms with Gasteiger partial charge in [0.15, 0.2) is 0 Å². The zero-order valence-electron chi connectivity index (χ0n) is 15.1. The quantitative estimate of drug-likeness (QED) is 0.648. The summed E-state index contributed by atoms with van der Waals surface area (Å²) in [4.78, 5) is 6.67. The van der Waals surface area contributed by atoms with Crippen LogP contribution in [0.5, 0.6) is 0 Å². The van der Waals surface area contributed by atoms with Crippen LogP contribution in [-0.4, -0.2) is 42.6 Å². The molecule has 136 valence electrons. The average Bonchev–Trinajstić information content (AvgIpc) is 3.34. The third-order valence-corrected chi connectivity index (χ3v) is 5.01. The minimum Gasteiger partial charge on any atom is -0.468 e. The lowest BCUT2D eigenvalue weighted by molar-refractivity contribution is 0.186. The molecule has 1 fully saturated rings. The average molecular weight is 343 g/mol. The minimum atomic E-state index is 0.268. The summed E-state index contributed by atoms with van der Waals surface area (Å²) in [6.07, 6.45) is 5.52. The number of nitrogens with one attached hydrogen (secondary N) is 3. The zero-order chi connectivity index (χ0) is 17.5. The van der Waals surface area contributed by atoms with E-state index in [1.54, 1.807) is 6.26 Å². The maximum atomic E-state index is 5.68. The number of hydrogen-bond donors (Lipinski definition) is 3. The number of nitrogens with zero attached hydrogens (tertiary/aromatic N) is 2. The first-order valence-corrected chi connectivity index (χ1v) is 9.20. The summed E-state index contributed by atoms with van der Waals surface area (Å²) in [6, 6.07) is 8.72. The van der Waals surface area contributed by atoms with Crippen LogP contribution in [0, 0.1) is 5.92 Å². The number of rotatable bonds is 9. The lowest BCUT2D eigenvalue weighted by Gasteiger charge is -2.29. The van der Waals surface area contributed by atoms with Crippen LogP contribution in [0.2, 0.25) is 0 Å². The molecular formula is C19H29N5O. The Hall–Kier alpha value is -1.73. The molecule has 0 saturated carbocycles. The molecular weight excluding hydrogens is 314 g/mol. The fourth-order valence-corrected chi connectivity index (χ4v) is 3.60. The fourth-order valence-electron chi connectivity index (χ4n) is 3.60. The molecule has 0 aliphatic carbocycles. The molecule has 25 heavy (non-hydrogen) atoms. The summed E-state index contributed by atoms with van der Waals surface area (Å²) < 4.78 is 5.68. The van der Waals surface area contributed by atoms with E-state index in [2.05, 4.69) is 52.0 Å². The van der Waals surface area contributed by atoms with Crippen molar-refractivity contribution in [1.29, 1.82) is 0 Å². The molecule has 0 radical (unpaired) electrons. The van der Waals surface area contributed by atoms with Gasteiger partial charge in [-0.25, -0.2) is 5.43 Å². The molecule has 2 aromatic heterocycles. The molecule has 0 spiro atoms. The second kappa shape index (κ2) is 9.10. The Morgan fingerprint density at radius 1 is 1.32 bits per heavy atom. The second-order valence-electron chi connectivity index (χ2n) is 6.46. The van der Waals surface area contributed by atoms with Crippen LogP contribution in [-0.2, 0) is 0 Å². The Morgan fingerprint density at radius 2 is 2.20 bits per heavy atom. The molecule has 2 aromatic rings. The van der Waals surface area contributed by atoms with Gasteiger partial charge in [-0.05, 0) is 36.9 Å². The van der Waals surface area contributed by atoms with Crippen molar-refractivity contribution in [3.63, 3.8) is 0 Å². The molecule has 6 heteroatoms. The van der Waals surface area contributed by atoms with Crippen molar-refractivity contribution in [2.24, 2.45) is 5.92 Å². The number of likely N-dealkylation sites (N-methyl/N-ethyl adjacent to an activating group) is 1. The van der Waals surface area contributed by atoms with Crippen LogP contribution < -0.4 is 16.2 Å². The molecule has 0 bridgehead atoms. The van der Waals surface area contributed by atoms with Gasteiger partial charge < -0.3 is 9.73 Å². The van der Waals surface area contributed by atoms with Crippen molar-refractivity contribution in [3.05, 3.63) is 54.2 Å². The van der Waals surface area contributed by atoms with E-state index >= 15 is 0 Å². The first-order valence-electron chi connectivity index (χ1n) is 9.20. The Kier molecular flexibility index (Phi) is 6.58. The highest BCUT2D eigenvalue weighted by Gasteiger charge is 2.28. The Labute approximate surface area is 150 Å². The molecule has 0 aromatic carbocycles. The largest absolute Gasteiger partial charge is 0.468 e. The van der Waals surface area contributed by atoms with Crippen LogP contribution in [0.15, 0.2) is 47.3 Å². The Balaban J connectivity index is 1.58. The molecule has 3 heterocycles. The molecule has 1 aliphatic heterocycles. The first-order chi connectivity index (χ1) is 12.3. The van der Waals surface area contributed by atoms with Gasteiger partial charge in [-0.3, -0.25) is 15.3 Å². The minimum absolute atomic E-state index is 0.268. The van der Waals surface area contributed by atoms with E-state index in [1.165, 1.54) is 5.56 Å². The third-order valence-electron chi connectivity index (χ3n) is 5.01. The van der Waals surface area contributed by atoms with Crippen molar-refractivity contribution in [2.75, 3.05) is 32.7 Å². The maximum Gasteiger partial charge on any atom is 0.122 e. The highest BCUT2D eigenvalue weighted by Crippen LogP contribution is 2.24. The normalized spacial score (nSPS) is 21.7. The summed E-state index contributed by atoms with van der Waals surface area (Å²) in [7, 11) is 0. The van der Waals surface area contributed by atoms with Crippen molar-refractivity contribution in [2.45, 2.75) is 25.9 Å². The summed E-state index contributed by atoms with van der Waals surface area (Å²) in [5.41, 5.74) is 7.89. The van der Waals surface area contributed by atoms with E-state index in [0.717, 1.165) is 38.5 Å². The van der Waals surface area contributed by atoms with Crippen LogP contribution in [0.3, 0.4) is 0 Å². The first kappa shape index (κ1) is 18.1. The molecule has 0 amide bonds. The lowest BCUT2D eigenvalue weighted by Crippen LogP contribution is -2.38. The van der Waals surface area contributed by atoms with Crippen molar-refractivity contribution >= 4 is 0 Å². The fraction of sp³-hybridized carbons (Fsp3) is 0.526. The molecule has 1 saturated heterocycles. The summed E-state index contributed by atoms with van der Waals surface area (Å²) in [5, 5.41) is 3.66. The Morgan fingerprint density at radius 3 is 2.88 bits per heavy atom. The van der Waals surface area contributed by atoms with Crippen LogP contribution in [0.4, 0.5) is 0 Å². The second-order valence-corrected chi connectivity index (χ2v) is 6.46. The van der Waals surface area contributed by atoms with Gasteiger partial charge in [0.05, 0.1) is 18.3 Å². The summed E-state index contributed by atoms with van der Waals surface area (Å²) in [6.45, 7) is 9.18. The molecule has 3 N–H and O–H groups in total. The van der Waals surface area contributed by atoms with E-state index in [1.807, 2.05) is 24.5 Å². The summed E-state index contributed by atoms with van der Waals surface area (Å²) >= 11 is 0. The molecule has 3 rings (SSSR count). The van der Waals surface area contributed by atoms with Crippen molar-refractivity contribution in [1.82, 2.24) is 26.1 Å². The number of hydrazine groups is 1. The predicted octanol–water partition coefficient (Wildman–Crippen LogP) is 2.11. The van der Waals surface area contributed by atoms with E-state index < -0.39 is 0 Å². The monoisotopic (exact) mass is 343 g/mol. The number of hydrogen-bond acceptors (Lipinski definition) is 6. The molecule has 3 unspecified atom stereocenters. The lowest BCUT2D eigenvalue weighted by atomic mass is 9.96. The maximum absolute atomic E-state index is 5.68. The van der Waals surface area contributed by atoms with Crippen LogP contribution in [0.25, 0.3) is 0 Å². The van der Waals surface area contributed by atoms with Gasteiger partial charge in [-0.2, -0.15) is 0 Å². The van der Waals surface area contributed by atoms with Crippen LogP contribution in [0.1, 0.15) is 37.3 Å².